The van der Waals surface area contributed by atoms with Crippen molar-refractivity contribution in [2.75, 3.05) is 13.2 Å². The number of rotatable bonds is 5. The van der Waals surface area contributed by atoms with Crippen molar-refractivity contribution in [3.05, 3.63) is 35.9 Å². The van der Waals surface area contributed by atoms with Crippen molar-refractivity contribution in [3.63, 3.8) is 0 Å². The number of aliphatic hydroxyl groups is 1. The fourth-order valence-corrected chi connectivity index (χ4v) is 1.44. The lowest BCUT2D eigenvalue weighted by molar-refractivity contribution is -0.119. The van der Waals surface area contributed by atoms with Crippen LogP contribution < -0.4 is 5.32 Å². The highest BCUT2D eigenvalue weighted by molar-refractivity contribution is 5.72. The van der Waals surface area contributed by atoms with E-state index in [-0.39, 0.29) is 18.4 Å². The molecule has 1 rings (SSSR count). The molecule has 0 radical (unpaired) electrons. The molecule has 82 valence electrons. The van der Waals surface area contributed by atoms with E-state index in [1.54, 1.807) is 0 Å². The zero-order chi connectivity index (χ0) is 11.1. The van der Waals surface area contributed by atoms with E-state index >= 15 is 0 Å². The maximum Gasteiger partial charge on any atom is 0.216 e. The second kappa shape index (κ2) is 6.19. The first-order chi connectivity index (χ1) is 7.22. The molecule has 0 saturated carbocycles. The molecule has 1 aromatic rings. The van der Waals surface area contributed by atoms with E-state index in [1.807, 2.05) is 30.3 Å². The zero-order valence-electron chi connectivity index (χ0n) is 8.94. The van der Waals surface area contributed by atoms with Crippen LogP contribution in [0.4, 0.5) is 0 Å². The molecule has 0 aliphatic carbocycles. The highest BCUT2D eigenvalue weighted by Gasteiger charge is 2.08. The van der Waals surface area contributed by atoms with Crippen molar-refractivity contribution < 1.29 is 9.90 Å². The van der Waals surface area contributed by atoms with Gasteiger partial charge >= 0.3 is 0 Å². The van der Waals surface area contributed by atoms with Gasteiger partial charge in [-0.05, 0) is 12.0 Å². The fraction of sp³-hybridized carbons (Fsp3) is 0.417. The summed E-state index contributed by atoms with van der Waals surface area (Å²) >= 11 is 0. The molecule has 0 aliphatic heterocycles. The molecule has 1 amide bonds. The summed E-state index contributed by atoms with van der Waals surface area (Å²) in [5.74, 6) is 0.0396. The van der Waals surface area contributed by atoms with Crippen molar-refractivity contribution in [2.24, 2.45) is 5.92 Å². The van der Waals surface area contributed by atoms with Gasteiger partial charge in [-0.1, -0.05) is 30.3 Å². The van der Waals surface area contributed by atoms with E-state index in [9.17, 15) is 4.79 Å². The van der Waals surface area contributed by atoms with Crippen molar-refractivity contribution >= 4 is 5.91 Å². The Morgan fingerprint density at radius 2 is 2.07 bits per heavy atom. The topological polar surface area (TPSA) is 49.3 Å². The third-order valence-corrected chi connectivity index (χ3v) is 2.27. The second-order valence-electron chi connectivity index (χ2n) is 3.68. The average Bonchev–Trinajstić information content (AvgIpc) is 2.25. The first-order valence-corrected chi connectivity index (χ1v) is 5.11. The van der Waals surface area contributed by atoms with Gasteiger partial charge in [0.2, 0.25) is 5.91 Å². The molecule has 0 fully saturated rings. The van der Waals surface area contributed by atoms with Gasteiger partial charge < -0.3 is 10.4 Å². The molecule has 0 heterocycles. The molecule has 0 aliphatic rings. The maximum atomic E-state index is 10.7. The van der Waals surface area contributed by atoms with Crippen LogP contribution in [0, 0.1) is 5.92 Å². The highest BCUT2D eigenvalue weighted by Crippen LogP contribution is 2.07. The van der Waals surface area contributed by atoms with Crippen LogP contribution in [0.3, 0.4) is 0 Å². The fourth-order valence-electron chi connectivity index (χ4n) is 1.44. The first kappa shape index (κ1) is 11.7. The van der Waals surface area contributed by atoms with E-state index in [1.165, 1.54) is 12.5 Å². The number of amides is 1. The maximum absolute atomic E-state index is 10.7. The number of aliphatic hydroxyl groups excluding tert-OH is 1. The second-order valence-corrected chi connectivity index (χ2v) is 3.68. The van der Waals surface area contributed by atoms with Crippen LogP contribution in [0.5, 0.6) is 0 Å². The summed E-state index contributed by atoms with van der Waals surface area (Å²) in [4.78, 5) is 10.7. The van der Waals surface area contributed by atoms with Gasteiger partial charge in [0.05, 0.1) is 0 Å². The molecule has 1 aromatic carbocycles. The van der Waals surface area contributed by atoms with Crippen molar-refractivity contribution in [2.45, 2.75) is 13.3 Å². The van der Waals surface area contributed by atoms with Crippen LogP contribution in [0.1, 0.15) is 12.5 Å². The Morgan fingerprint density at radius 3 is 2.60 bits per heavy atom. The first-order valence-electron chi connectivity index (χ1n) is 5.11. The molecule has 0 unspecified atom stereocenters. The number of benzene rings is 1. The van der Waals surface area contributed by atoms with Crippen LogP contribution in [-0.4, -0.2) is 24.2 Å². The third-order valence-electron chi connectivity index (χ3n) is 2.27. The van der Waals surface area contributed by atoms with Gasteiger partial charge in [0, 0.05) is 26.0 Å². The highest BCUT2D eigenvalue weighted by atomic mass is 16.3. The van der Waals surface area contributed by atoms with E-state index in [2.05, 4.69) is 5.32 Å². The average molecular weight is 207 g/mol. The van der Waals surface area contributed by atoms with Gasteiger partial charge in [-0.3, -0.25) is 4.79 Å². The van der Waals surface area contributed by atoms with Gasteiger partial charge in [-0.15, -0.1) is 0 Å². The van der Waals surface area contributed by atoms with Gasteiger partial charge in [-0.2, -0.15) is 0 Å². The number of nitrogens with one attached hydrogen (secondary N) is 1. The third kappa shape index (κ3) is 4.61. The minimum absolute atomic E-state index is 0.0542. The Morgan fingerprint density at radius 1 is 1.40 bits per heavy atom. The summed E-state index contributed by atoms with van der Waals surface area (Å²) in [5.41, 5.74) is 1.18. The van der Waals surface area contributed by atoms with Gasteiger partial charge in [0.15, 0.2) is 0 Å². The van der Waals surface area contributed by atoms with Crippen LogP contribution in [0.25, 0.3) is 0 Å². The van der Waals surface area contributed by atoms with Crippen molar-refractivity contribution in [1.82, 2.24) is 5.32 Å². The summed E-state index contributed by atoms with van der Waals surface area (Å²) < 4.78 is 0. The standard InChI is InChI=1S/C12H17NO2/c1-10(15)13-8-12(9-14)7-11-5-3-2-4-6-11/h2-6,12,14H,7-9H2,1H3,(H,13,15)/t12-/m0/s1. The smallest absolute Gasteiger partial charge is 0.216 e. The number of hydrogen-bond acceptors (Lipinski definition) is 2. The number of carbonyl (C=O) groups is 1. The molecule has 0 bridgehead atoms. The molecule has 1 atom stereocenters. The zero-order valence-corrected chi connectivity index (χ0v) is 8.94. The largest absolute Gasteiger partial charge is 0.396 e. The molecule has 0 spiro atoms. The molecule has 3 nitrogen and oxygen atoms in total. The minimum Gasteiger partial charge on any atom is -0.396 e. The van der Waals surface area contributed by atoms with Gasteiger partial charge in [0.25, 0.3) is 0 Å². The Hall–Kier alpha value is -1.35. The molecule has 0 saturated heterocycles. The Labute approximate surface area is 90.1 Å². The van der Waals surface area contributed by atoms with Crippen LogP contribution in [-0.2, 0) is 11.2 Å². The lowest BCUT2D eigenvalue weighted by Crippen LogP contribution is -2.30. The number of hydrogen-bond donors (Lipinski definition) is 2. The molecule has 15 heavy (non-hydrogen) atoms. The van der Waals surface area contributed by atoms with Crippen molar-refractivity contribution in [1.29, 1.82) is 0 Å². The molecular formula is C12H17NO2. The normalized spacial score (nSPS) is 12.1. The Kier molecular flexibility index (Phi) is 4.84. The molecule has 2 N–H and O–H groups in total. The van der Waals surface area contributed by atoms with E-state index in [0.29, 0.717) is 6.54 Å². The van der Waals surface area contributed by atoms with Crippen LogP contribution in [0.2, 0.25) is 0 Å². The Balaban J connectivity index is 2.43. The summed E-state index contributed by atoms with van der Waals surface area (Å²) in [5, 5.41) is 11.9. The summed E-state index contributed by atoms with van der Waals surface area (Å²) in [7, 11) is 0. The van der Waals surface area contributed by atoms with Crippen LogP contribution >= 0.6 is 0 Å². The lowest BCUT2D eigenvalue weighted by Gasteiger charge is -2.14. The lowest BCUT2D eigenvalue weighted by atomic mass is 10.0. The predicted molar refractivity (Wildman–Crippen MR) is 59.4 cm³/mol. The Bertz CT molecular complexity index is 298. The predicted octanol–water partition coefficient (Wildman–Crippen LogP) is 0.974. The van der Waals surface area contributed by atoms with E-state index in [4.69, 9.17) is 5.11 Å². The van der Waals surface area contributed by atoms with Crippen molar-refractivity contribution in [3.8, 4) is 0 Å². The molecular weight excluding hydrogens is 190 g/mol. The van der Waals surface area contributed by atoms with E-state index in [0.717, 1.165) is 6.42 Å². The molecule has 0 aromatic heterocycles. The van der Waals surface area contributed by atoms with Crippen LogP contribution in [0.15, 0.2) is 30.3 Å². The summed E-state index contributed by atoms with van der Waals surface area (Å²) in [6.07, 6.45) is 0.789. The SMILES string of the molecule is CC(=O)NC[C@@H](CO)Cc1ccccc1. The summed E-state index contributed by atoms with van der Waals surface area (Å²) in [6.45, 7) is 2.10. The number of carbonyl (C=O) groups excluding carboxylic acids is 1. The van der Waals surface area contributed by atoms with E-state index < -0.39 is 0 Å². The van der Waals surface area contributed by atoms with Gasteiger partial charge in [-0.25, -0.2) is 0 Å². The monoisotopic (exact) mass is 207 g/mol. The van der Waals surface area contributed by atoms with Gasteiger partial charge in [0.1, 0.15) is 0 Å². The molecule has 3 heteroatoms. The quantitative estimate of drug-likeness (QED) is 0.756. The minimum atomic E-state index is -0.0542. The summed E-state index contributed by atoms with van der Waals surface area (Å²) in [6, 6.07) is 9.96.